The number of hydrogen-bond acceptors (Lipinski definition) is 4. The fraction of sp³-hybridized carbons (Fsp3) is 0.381. The lowest BCUT2D eigenvalue weighted by molar-refractivity contribution is 0.0934. The van der Waals surface area contributed by atoms with Gasteiger partial charge in [0.15, 0.2) is 0 Å². The average Bonchev–Trinajstić information content (AvgIpc) is 3.09. The maximum atomic E-state index is 12.8. The number of hydrogen-bond donors (Lipinski definition) is 1. The summed E-state index contributed by atoms with van der Waals surface area (Å²) in [6.07, 6.45) is 0.908. The van der Waals surface area contributed by atoms with Crippen LogP contribution >= 0.6 is 23.2 Å². The van der Waals surface area contributed by atoms with E-state index in [1.54, 1.807) is 19.2 Å². The molecule has 1 heterocycles. The van der Waals surface area contributed by atoms with Crippen LogP contribution in [0.5, 0.6) is 5.75 Å². The average molecular weight is 422 g/mol. The Morgan fingerprint density at radius 3 is 2.61 bits per heavy atom. The molecule has 7 heteroatoms. The molecule has 0 saturated carbocycles. The van der Waals surface area contributed by atoms with Crippen molar-refractivity contribution in [3.05, 3.63) is 57.6 Å². The molecule has 2 aromatic carbocycles. The molecule has 3 rings (SSSR count). The highest BCUT2D eigenvalue weighted by atomic mass is 35.5. The maximum Gasteiger partial charge on any atom is 0.255 e. The molecule has 1 aliphatic heterocycles. The first-order valence-corrected chi connectivity index (χ1v) is 9.95. The van der Waals surface area contributed by atoms with E-state index in [1.165, 1.54) is 5.56 Å². The zero-order valence-electron chi connectivity index (χ0n) is 16.3. The van der Waals surface area contributed by atoms with Gasteiger partial charge in [-0.3, -0.25) is 9.69 Å². The molecule has 150 valence electrons. The van der Waals surface area contributed by atoms with E-state index in [9.17, 15) is 4.79 Å². The molecule has 28 heavy (non-hydrogen) atoms. The Morgan fingerprint density at radius 2 is 1.96 bits per heavy atom. The molecule has 0 bridgehead atoms. The van der Waals surface area contributed by atoms with E-state index in [0.29, 0.717) is 16.3 Å². The van der Waals surface area contributed by atoms with Gasteiger partial charge in [0.2, 0.25) is 0 Å². The van der Waals surface area contributed by atoms with Gasteiger partial charge in [-0.15, -0.1) is 0 Å². The molecule has 0 aromatic heterocycles. The smallest absolute Gasteiger partial charge is 0.255 e. The van der Waals surface area contributed by atoms with Crippen molar-refractivity contribution >= 4 is 34.8 Å². The third-order valence-electron chi connectivity index (χ3n) is 4.92. The molecule has 1 N–H and O–H groups in total. The number of likely N-dealkylation sites (tertiary alicyclic amines) is 1. The van der Waals surface area contributed by atoms with Crippen LogP contribution in [0.1, 0.15) is 22.3 Å². The molecule has 0 spiro atoms. The molecule has 1 aliphatic rings. The molecular formula is C21H25Cl2N3O2. The van der Waals surface area contributed by atoms with Gasteiger partial charge >= 0.3 is 0 Å². The number of nitrogens with one attached hydrogen (secondary N) is 1. The first kappa shape index (κ1) is 20.8. The molecule has 0 radical (unpaired) electrons. The van der Waals surface area contributed by atoms with Crippen molar-refractivity contribution in [1.29, 1.82) is 0 Å². The number of halogens is 2. The van der Waals surface area contributed by atoms with Crippen LogP contribution < -0.4 is 15.0 Å². The van der Waals surface area contributed by atoms with E-state index >= 15 is 0 Å². The Balaban J connectivity index is 1.64. The van der Waals surface area contributed by atoms with E-state index in [2.05, 4.69) is 10.2 Å². The van der Waals surface area contributed by atoms with Crippen LogP contribution in [0.4, 0.5) is 5.69 Å². The summed E-state index contributed by atoms with van der Waals surface area (Å²) < 4.78 is 5.42. The summed E-state index contributed by atoms with van der Waals surface area (Å²) in [5.74, 6) is 0.351. The fourth-order valence-corrected chi connectivity index (χ4v) is 3.90. The lowest BCUT2D eigenvalue weighted by Crippen LogP contribution is -2.37. The summed E-state index contributed by atoms with van der Waals surface area (Å²) in [5.41, 5.74) is 2.48. The molecule has 1 saturated heterocycles. The van der Waals surface area contributed by atoms with Gasteiger partial charge < -0.3 is 15.0 Å². The van der Waals surface area contributed by atoms with E-state index in [0.717, 1.165) is 36.8 Å². The standard InChI is InChI=1S/C21H25Cl2N3O2/c1-25(2)19-11-20(28-3)17(10-18(19)23)21(27)24-16-8-9-26(13-16)12-14-4-6-15(22)7-5-14/h4-7,10-11,16H,8-9,12-13H2,1-3H3,(H,24,27). The van der Waals surface area contributed by atoms with Gasteiger partial charge in [0, 0.05) is 50.9 Å². The van der Waals surface area contributed by atoms with Crippen molar-refractivity contribution in [2.45, 2.75) is 19.0 Å². The predicted molar refractivity (Wildman–Crippen MR) is 115 cm³/mol. The number of ether oxygens (including phenoxy) is 1. The first-order valence-electron chi connectivity index (χ1n) is 9.20. The minimum absolute atomic E-state index is 0.0943. The highest BCUT2D eigenvalue weighted by molar-refractivity contribution is 6.33. The van der Waals surface area contributed by atoms with Crippen molar-refractivity contribution in [1.82, 2.24) is 10.2 Å². The van der Waals surface area contributed by atoms with Gasteiger partial charge in [-0.05, 0) is 30.2 Å². The second kappa shape index (κ2) is 9.03. The first-order chi connectivity index (χ1) is 13.4. The Labute approximate surface area is 176 Å². The SMILES string of the molecule is COc1cc(N(C)C)c(Cl)cc1C(=O)NC1CCN(Cc2ccc(Cl)cc2)C1. The lowest BCUT2D eigenvalue weighted by Gasteiger charge is -2.19. The topological polar surface area (TPSA) is 44.8 Å². The number of carbonyl (C=O) groups excluding carboxylic acids is 1. The number of benzene rings is 2. The van der Waals surface area contributed by atoms with Gasteiger partial charge in [-0.1, -0.05) is 35.3 Å². The zero-order chi connectivity index (χ0) is 20.3. The van der Waals surface area contributed by atoms with Crippen LogP contribution in [-0.4, -0.2) is 51.1 Å². The summed E-state index contributed by atoms with van der Waals surface area (Å²) in [7, 11) is 5.35. The van der Waals surface area contributed by atoms with Gasteiger partial charge in [0.05, 0.1) is 23.4 Å². The zero-order valence-corrected chi connectivity index (χ0v) is 17.8. The maximum absolute atomic E-state index is 12.8. The normalized spacial score (nSPS) is 16.8. The van der Waals surface area contributed by atoms with Crippen LogP contribution in [0.3, 0.4) is 0 Å². The van der Waals surface area contributed by atoms with Gasteiger partial charge in [0.25, 0.3) is 5.91 Å². The Hall–Kier alpha value is -1.95. The van der Waals surface area contributed by atoms with Crippen LogP contribution in [0.25, 0.3) is 0 Å². The molecule has 5 nitrogen and oxygen atoms in total. The molecule has 1 fully saturated rings. The van der Waals surface area contributed by atoms with E-state index in [1.807, 2.05) is 43.3 Å². The van der Waals surface area contributed by atoms with Crippen LogP contribution in [-0.2, 0) is 6.54 Å². The largest absolute Gasteiger partial charge is 0.496 e. The van der Waals surface area contributed by atoms with Gasteiger partial charge in [-0.2, -0.15) is 0 Å². The summed E-state index contributed by atoms with van der Waals surface area (Å²) in [6.45, 7) is 2.58. The Bertz CT molecular complexity index is 840. The van der Waals surface area contributed by atoms with Crippen LogP contribution in [0.15, 0.2) is 36.4 Å². The quantitative estimate of drug-likeness (QED) is 0.763. The second-order valence-electron chi connectivity index (χ2n) is 7.22. The van der Waals surface area contributed by atoms with Gasteiger partial charge in [-0.25, -0.2) is 0 Å². The van der Waals surface area contributed by atoms with Crippen molar-refractivity contribution in [3.8, 4) is 5.75 Å². The van der Waals surface area contributed by atoms with Crippen molar-refractivity contribution in [2.75, 3.05) is 39.2 Å². The molecule has 1 atom stereocenters. The molecule has 0 aliphatic carbocycles. The minimum Gasteiger partial charge on any atom is -0.496 e. The third-order valence-corrected chi connectivity index (χ3v) is 5.48. The van der Waals surface area contributed by atoms with E-state index in [-0.39, 0.29) is 11.9 Å². The van der Waals surface area contributed by atoms with E-state index < -0.39 is 0 Å². The fourth-order valence-electron chi connectivity index (χ4n) is 3.44. The number of carbonyl (C=O) groups is 1. The lowest BCUT2D eigenvalue weighted by atomic mass is 10.1. The summed E-state index contributed by atoms with van der Waals surface area (Å²) in [4.78, 5) is 17.0. The predicted octanol–water partition coefficient (Wildman–Crippen LogP) is 4.07. The molecule has 1 amide bonds. The highest BCUT2D eigenvalue weighted by Crippen LogP contribution is 2.32. The van der Waals surface area contributed by atoms with Gasteiger partial charge in [0.1, 0.15) is 5.75 Å². The molecule has 1 unspecified atom stereocenters. The number of anilines is 1. The van der Waals surface area contributed by atoms with Crippen molar-refractivity contribution in [2.24, 2.45) is 0 Å². The number of methoxy groups -OCH3 is 1. The second-order valence-corrected chi connectivity index (χ2v) is 8.06. The minimum atomic E-state index is -0.164. The van der Waals surface area contributed by atoms with Crippen molar-refractivity contribution in [3.63, 3.8) is 0 Å². The molecular weight excluding hydrogens is 397 g/mol. The van der Waals surface area contributed by atoms with Crippen molar-refractivity contribution < 1.29 is 9.53 Å². The van der Waals surface area contributed by atoms with Crippen LogP contribution in [0.2, 0.25) is 10.0 Å². The number of rotatable bonds is 6. The van der Waals surface area contributed by atoms with E-state index in [4.69, 9.17) is 27.9 Å². The number of amides is 1. The highest BCUT2D eigenvalue weighted by Gasteiger charge is 2.26. The monoisotopic (exact) mass is 421 g/mol. The third kappa shape index (κ3) is 4.90. The Morgan fingerprint density at radius 1 is 1.25 bits per heavy atom. The Kier molecular flexibility index (Phi) is 6.70. The summed E-state index contributed by atoms with van der Waals surface area (Å²) in [6, 6.07) is 11.4. The molecule has 2 aromatic rings. The summed E-state index contributed by atoms with van der Waals surface area (Å²) in [5, 5.41) is 4.38. The van der Waals surface area contributed by atoms with Crippen LogP contribution in [0, 0.1) is 0 Å². The summed E-state index contributed by atoms with van der Waals surface area (Å²) >= 11 is 12.3. The number of nitrogens with zero attached hydrogens (tertiary/aromatic N) is 2.